The highest BCUT2D eigenvalue weighted by Gasteiger charge is 2.29. The van der Waals surface area contributed by atoms with Crippen LogP contribution in [-0.2, 0) is 4.79 Å². The molecule has 2 N–H and O–H groups in total. The molecule has 86 valence electrons. The fourth-order valence-electron chi connectivity index (χ4n) is 2.37. The van der Waals surface area contributed by atoms with Crippen LogP contribution in [0.4, 0.5) is 0 Å². The van der Waals surface area contributed by atoms with Crippen LogP contribution in [0.3, 0.4) is 0 Å². The van der Waals surface area contributed by atoms with Gasteiger partial charge in [0.2, 0.25) is 0 Å². The molecule has 3 nitrogen and oxygen atoms in total. The normalized spacial score (nSPS) is 24.6. The molecular weight excluding hydrogens is 202 g/mol. The Kier molecular flexibility index (Phi) is 3.25. The van der Waals surface area contributed by atoms with E-state index >= 15 is 0 Å². The summed E-state index contributed by atoms with van der Waals surface area (Å²) in [5, 5.41) is 12.2. The fourth-order valence-corrected chi connectivity index (χ4v) is 2.37. The number of benzene rings is 1. The monoisotopic (exact) mass is 219 g/mol. The van der Waals surface area contributed by atoms with Gasteiger partial charge in [-0.2, -0.15) is 0 Å². The summed E-state index contributed by atoms with van der Waals surface area (Å²) in [5.41, 5.74) is 2.44. The van der Waals surface area contributed by atoms with Crippen LogP contribution in [0.2, 0.25) is 0 Å². The molecule has 1 fully saturated rings. The minimum Gasteiger partial charge on any atom is -0.481 e. The SMILES string of the molecule is Cc1ccc([C@@H]2NCC[C@H]2CC(=O)O)cc1. The Bertz CT molecular complexity index is 372. The summed E-state index contributed by atoms with van der Waals surface area (Å²) < 4.78 is 0. The number of hydrogen-bond acceptors (Lipinski definition) is 2. The van der Waals surface area contributed by atoms with Crippen LogP contribution < -0.4 is 5.32 Å². The van der Waals surface area contributed by atoms with Crippen LogP contribution in [0, 0.1) is 12.8 Å². The van der Waals surface area contributed by atoms with E-state index in [1.54, 1.807) is 0 Å². The van der Waals surface area contributed by atoms with Crippen LogP contribution in [-0.4, -0.2) is 17.6 Å². The Labute approximate surface area is 95.5 Å². The first kappa shape index (κ1) is 11.1. The number of carboxylic acid groups (broad SMARTS) is 1. The Morgan fingerprint density at radius 3 is 2.75 bits per heavy atom. The molecule has 1 heterocycles. The van der Waals surface area contributed by atoms with E-state index in [1.807, 2.05) is 0 Å². The Morgan fingerprint density at radius 1 is 1.44 bits per heavy atom. The van der Waals surface area contributed by atoms with E-state index in [2.05, 4.69) is 36.5 Å². The average Bonchev–Trinajstić information content (AvgIpc) is 2.66. The molecule has 1 saturated heterocycles. The molecule has 0 aromatic heterocycles. The van der Waals surface area contributed by atoms with Gasteiger partial charge in [0.15, 0.2) is 0 Å². The van der Waals surface area contributed by atoms with Gasteiger partial charge in [-0.1, -0.05) is 29.8 Å². The molecule has 0 radical (unpaired) electrons. The Morgan fingerprint density at radius 2 is 2.12 bits per heavy atom. The molecule has 16 heavy (non-hydrogen) atoms. The first-order chi connectivity index (χ1) is 7.66. The van der Waals surface area contributed by atoms with E-state index in [1.165, 1.54) is 11.1 Å². The van der Waals surface area contributed by atoms with Gasteiger partial charge in [0.1, 0.15) is 0 Å². The smallest absolute Gasteiger partial charge is 0.303 e. The number of carbonyl (C=O) groups is 1. The van der Waals surface area contributed by atoms with Crippen molar-refractivity contribution in [2.24, 2.45) is 5.92 Å². The van der Waals surface area contributed by atoms with Crippen molar-refractivity contribution >= 4 is 5.97 Å². The number of nitrogens with one attached hydrogen (secondary N) is 1. The zero-order valence-electron chi connectivity index (χ0n) is 9.44. The van der Waals surface area contributed by atoms with E-state index in [0.29, 0.717) is 0 Å². The summed E-state index contributed by atoms with van der Waals surface area (Å²) in [4.78, 5) is 10.8. The zero-order chi connectivity index (χ0) is 11.5. The third-order valence-electron chi connectivity index (χ3n) is 3.22. The van der Waals surface area contributed by atoms with Gasteiger partial charge < -0.3 is 10.4 Å². The van der Waals surface area contributed by atoms with Crippen molar-refractivity contribution in [1.29, 1.82) is 0 Å². The lowest BCUT2D eigenvalue weighted by atomic mass is 9.91. The van der Waals surface area contributed by atoms with E-state index in [-0.39, 0.29) is 18.4 Å². The molecule has 0 spiro atoms. The van der Waals surface area contributed by atoms with E-state index in [4.69, 9.17) is 5.11 Å². The van der Waals surface area contributed by atoms with Crippen LogP contribution in [0.25, 0.3) is 0 Å². The molecule has 1 aliphatic heterocycles. The molecule has 1 aliphatic rings. The van der Waals surface area contributed by atoms with Gasteiger partial charge in [-0.25, -0.2) is 0 Å². The lowest BCUT2D eigenvalue weighted by Gasteiger charge is -2.18. The fraction of sp³-hybridized carbons (Fsp3) is 0.462. The number of hydrogen-bond donors (Lipinski definition) is 2. The zero-order valence-corrected chi connectivity index (χ0v) is 9.44. The maximum Gasteiger partial charge on any atom is 0.303 e. The predicted octanol–water partition coefficient (Wildman–Crippen LogP) is 2.12. The number of aryl methyl sites for hydroxylation is 1. The van der Waals surface area contributed by atoms with Gasteiger partial charge in [0, 0.05) is 6.04 Å². The summed E-state index contributed by atoms with van der Waals surface area (Å²) in [6.07, 6.45) is 1.20. The average molecular weight is 219 g/mol. The van der Waals surface area contributed by atoms with Gasteiger partial charge in [0.25, 0.3) is 0 Å². The summed E-state index contributed by atoms with van der Waals surface area (Å²) in [7, 11) is 0. The van der Waals surface area contributed by atoms with E-state index in [9.17, 15) is 4.79 Å². The molecule has 0 unspecified atom stereocenters. The molecule has 0 amide bonds. The van der Waals surface area contributed by atoms with Crippen molar-refractivity contribution in [3.63, 3.8) is 0 Å². The lowest BCUT2D eigenvalue weighted by molar-refractivity contribution is -0.138. The number of aliphatic carboxylic acids is 1. The second-order valence-electron chi connectivity index (χ2n) is 4.49. The highest BCUT2D eigenvalue weighted by Crippen LogP contribution is 2.31. The third kappa shape index (κ3) is 2.42. The molecule has 2 atom stereocenters. The van der Waals surface area contributed by atoms with Crippen molar-refractivity contribution in [3.8, 4) is 0 Å². The molecule has 1 aromatic carbocycles. The first-order valence-corrected chi connectivity index (χ1v) is 5.68. The molecule has 3 heteroatoms. The van der Waals surface area contributed by atoms with Crippen molar-refractivity contribution in [2.45, 2.75) is 25.8 Å². The molecule has 0 aliphatic carbocycles. The lowest BCUT2D eigenvalue weighted by Crippen LogP contribution is -2.19. The first-order valence-electron chi connectivity index (χ1n) is 5.68. The van der Waals surface area contributed by atoms with Crippen LogP contribution in [0.15, 0.2) is 24.3 Å². The van der Waals surface area contributed by atoms with Crippen molar-refractivity contribution in [2.75, 3.05) is 6.54 Å². The largest absolute Gasteiger partial charge is 0.481 e. The summed E-state index contributed by atoms with van der Waals surface area (Å²) in [6.45, 7) is 2.97. The van der Waals surface area contributed by atoms with E-state index < -0.39 is 5.97 Å². The number of rotatable bonds is 3. The van der Waals surface area contributed by atoms with Crippen LogP contribution in [0.1, 0.15) is 30.0 Å². The molecule has 2 rings (SSSR count). The van der Waals surface area contributed by atoms with Gasteiger partial charge in [0.05, 0.1) is 6.42 Å². The second kappa shape index (κ2) is 4.66. The van der Waals surface area contributed by atoms with Crippen molar-refractivity contribution in [1.82, 2.24) is 5.32 Å². The summed E-state index contributed by atoms with van der Waals surface area (Å²) in [5.74, 6) is -0.481. The quantitative estimate of drug-likeness (QED) is 0.818. The molecule has 0 saturated carbocycles. The van der Waals surface area contributed by atoms with E-state index in [0.717, 1.165) is 13.0 Å². The predicted molar refractivity (Wildman–Crippen MR) is 62.3 cm³/mol. The maximum absolute atomic E-state index is 10.8. The highest BCUT2D eigenvalue weighted by molar-refractivity contribution is 5.67. The summed E-state index contributed by atoms with van der Waals surface area (Å²) in [6, 6.07) is 8.54. The van der Waals surface area contributed by atoms with Gasteiger partial charge >= 0.3 is 5.97 Å². The highest BCUT2D eigenvalue weighted by atomic mass is 16.4. The maximum atomic E-state index is 10.8. The minimum atomic E-state index is -0.703. The Balaban J connectivity index is 2.13. The van der Waals surface area contributed by atoms with Crippen molar-refractivity contribution < 1.29 is 9.90 Å². The van der Waals surface area contributed by atoms with Crippen LogP contribution >= 0.6 is 0 Å². The molecule has 0 bridgehead atoms. The standard InChI is InChI=1S/C13H17NO2/c1-9-2-4-10(5-3-9)13-11(6-7-14-13)8-12(15)16/h2-5,11,13-14H,6-8H2,1H3,(H,15,16)/t11-,13-/m0/s1. The molecular formula is C13H17NO2. The molecule has 1 aromatic rings. The van der Waals surface area contributed by atoms with Crippen LogP contribution in [0.5, 0.6) is 0 Å². The van der Waals surface area contributed by atoms with Crippen molar-refractivity contribution in [3.05, 3.63) is 35.4 Å². The van der Waals surface area contributed by atoms with Gasteiger partial charge in [-0.15, -0.1) is 0 Å². The topological polar surface area (TPSA) is 49.3 Å². The summed E-state index contributed by atoms with van der Waals surface area (Å²) >= 11 is 0. The minimum absolute atomic E-state index is 0.205. The van der Waals surface area contributed by atoms with Gasteiger partial charge in [-0.3, -0.25) is 4.79 Å². The Hall–Kier alpha value is -1.35. The second-order valence-corrected chi connectivity index (χ2v) is 4.49. The number of carboxylic acids is 1. The van der Waals surface area contributed by atoms with Gasteiger partial charge in [-0.05, 0) is 31.4 Å². The third-order valence-corrected chi connectivity index (χ3v) is 3.22.